The standard InChI is InChI=1S/C8H19N3O/c1-10-3-5-11(6-4-10)8-12-7-2-9/h2-9H2,1H3. The molecule has 1 aliphatic rings. The molecule has 0 aromatic rings. The minimum Gasteiger partial charge on any atom is -0.365 e. The Morgan fingerprint density at radius 3 is 2.50 bits per heavy atom. The highest BCUT2D eigenvalue weighted by Crippen LogP contribution is 1.98. The molecule has 0 aliphatic carbocycles. The lowest BCUT2D eigenvalue weighted by Crippen LogP contribution is -2.45. The lowest BCUT2D eigenvalue weighted by Gasteiger charge is -2.31. The molecule has 72 valence electrons. The maximum atomic E-state index is 5.34. The molecular formula is C8H19N3O. The Labute approximate surface area is 74.3 Å². The van der Waals surface area contributed by atoms with Crippen LogP contribution in [0.3, 0.4) is 0 Å². The number of nitrogens with two attached hydrogens (primary N) is 1. The lowest BCUT2D eigenvalue weighted by atomic mass is 10.3. The summed E-state index contributed by atoms with van der Waals surface area (Å²) < 4.78 is 5.34. The van der Waals surface area contributed by atoms with E-state index in [4.69, 9.17) is 10.5 Å². The normalized spacial score (nSPS) is 21.5. The molecule has 12 heavy (non-hydrogen) atoms. The molecule has 0 spiro atoms. The topological polar surface area (TPSA) is 41.7 Å². The van der Waals surface area contributed by atoms with Gasteiger partial charge in [-0.05, 0) is 7.05 Å². The van der Waals surface area contributed by atoms with Crippen molar-refractivity contribution in [2.75, 3.05) is 53.1 Å². The summed E-state index contributed by atoms with van der Waals surface area (Å²) in [5, 5.41) is 0. The number of nitrogens with zero attached hydrogens (tertiary/aromatic N) is 2. The summed E-state index contributed by atoms with van der Waals surface area (Å²) in [6.07, 6.45) is 0. The molecule has 1 rings (SSSR count). The van der Waals surface area contributed by atoms with Crippen molar-refractivity contribution in [1.29, 1.82) is 0 Å². The predicted molar refractivity (Wildman–Crippen MR) is 48.9 cm³/mol. The number of hydrogen-bond acceptors (Lipinski definition) is 4. The van der Waals surface area contributed by atoms with Gasteiger partial charge < -0.3 is 15.4 Å². The van der Waals surface area contributed by atoms with Gasteiger partial charge in [-0.3, -0.25) is 4.90 Å². The van der Waals surface area contributed by atoms with Crippen LogP contribution in [0.2, 0.25) is 0 Å². The quantitative estimate of drug-likeness (QED) is 0.563. The molecule has 0 unspecified atom stereocenters. The summed E-state index contributed by atoms with van der Waals surface area (Å²) in [6.45, 7) is 6.55. The van der Waals surface area contributed by atoms with Gasteiger partial charge in [-0.2, -0.15) is 0 Å². The number of hydrogen-bond donors (Lipinski definition) is 1. The van der Waals surface area contributed by atoms with E-state index in [2.05, 4.69) is 16.8 Å². The fourth-order valence-electron chi connectivity index (χ4n) is 1.25. The Morgan fingerprint density at radius 2 is 1.92 bits per heavy atom. The van der Waals surface area contributed by atoms with Crippen LogP contribution in [0.1, 0.15) is 0 Å². The van der Waals surface area contributed by atoms with Crippen molar-refractivity contribution in [1.82, 2.24) is 9.80 Å². The van der Waals surface area contributed by atoms with Gasteiger partial charge in [0.25, 0.3) is 0 Å². The Kier molecular flexibility index (Phi) is 4.53. The molecule has 4 heteroatoms. The average Bonchev–Trinajstić information content (AvgIpc) is 2.09. The zero-order valence-corrected chi connectivity index (χ0v) is 7.83. The minimum atomic E-state index is 0.619. The molecule has 0 amide bonds. The third kappa shape index (κ3) is 3.49. The van der Waals surface area contributed by atoms with E-state index in [9.17, 15) is 0 Å². The van der Waals surface area contributed by atoms with Crippen molar-refractivity contribution in [3.8, 4) is 0 Å². The second-order valence-corrected chi connectivity index (χ2v) is 3.25. The predicted octanol–water partition coefficient (Wildman–Crippen LogP) is -0.833. The number of likely N-dealkylation sites (N-methyl/N-ethyl adjacent to an activating group) is 1. The molecule has 1 saturated heterocycles. The molecule has 0 aromatic heterocycles. The van der Waals surface area contributed by atoms with E-state index in [-0.39, 0.29) is 0 Å². The zero-order chi connectivity index (χ0) is 8.81. The van der Waals surface area contributed by atoms with Gasteiger partial charge in [0.05, 0.1) is 13.3 Å². The third-order valence-electron chi connectivity index (χ3n) is 2.13. The van der Waals surface area contributed by atoms with Crippen LogP contribution < -0.4 is 5.73 Å². The van der Waals surface area contributed by atoms with E-state index in [0.29, 0.717) is 13.2 Å². The molecule has 0 bridgehead atoms. The molecule has 1 heterocycles. The second-order valence-electron chi connectivity index (χ2n) is 3.25. The van der Waals surface area contributed by atoms with Crippen LogP contribution >= 0.6 is 0 Å². The van der Waals surface area contributed by atoms with Crippen molar-refractivity contribution >= 4 is 0 Å². The molecule has 0 aromatic carbocycles. The van der Waals surface area contributed by atoms with Crippen LogP contribution in [0, 0.1) is 0 Å². The van der Waals surface area contributed by atoms with Gasteiger partial charge in [0.15, 0.2) is 0 Å². The highest BCUT2D eigenvalue weighted by atomic mass is 16.5. The molecule has 0 atom stereocenters. The van der Waals surface area contributed by atoms with Gasteiger partial charge in [-0.15, -0.1) is 0 Å². The zero-order valence-electron chi connectivity index (χ0n) is 7.83. The molecule has 2 N–H and O–H groups in total. The number of piperazine rings is 1. The van der Waals surface area contributed by atoms with E-state index in [1.165, 1.54) is 0 Å². The van der Waals surface area contributed by atoms with Gasteiger partial charge >= 0.3 is 0 Å². The third-order valence-corrected chi connectivity index (χ3v) is 2.13. The first kappa shape index (κ1) is 9.92. The molecule has 0 saturated carbocycles. The summed E-state index contributed by atoms with van der Waals surface area (Å²) in [5.74, 6) is 0. The van der Waals surface area contributed by atoms with E-state index in [1.807, 2.05) is 0 Å². The van der Waals surface area contributed by atoms with Crippen LogP contribution in [0.15, 0.2) is 0 Å². The van der Waals surface area contributed by atoms with Gasteiger partial charge in [0.2, 0.25) is 0 Å². The maximum Gasteiger partial charge on any atom is 0.0991 e. The first-order chi connectivity index (χ1) is 5.83. The fourth-order valence-corrected chi connectivity index (χ4v) is 1.25. The Balaban J connectivity index is 2.01. The van der Waals surface area contributed by atoms with Crippen molar-refractivity contribution in [2.45, 2.75) is 0 Å². The Morgan fingerprint density at radius 1 is 1.25 bits per heavy atom. The number of ether oxygens (including phenoxy) is 1. The Hall–Kier alpha value is -0.160. The van der Waals surface area contributed by atoms with Gasteiger partial charge in [-0.25, -0.2) is 0 Å². The second kappa shape index (κ2) is 5.48. The van der Waals surface area contributed by atoms with Crippen molar-refractivity contribution < 1.29 is 4.74 Å². The van der Waals surface area contributed by atoms with E-state index < -0.39 is 0 Å². The average molecular weight is 173 g/mol. The number of rotatable bonds is 4. The summed E-state index contributed by atoms with van der Waals surface area (Å²) in [6, 6.07) is 0. The molecular weight excluding hydrogens is 154 g/mol. The SMILES string of the molecule is CN1CCN(COCCN)CC1. The van der Waals surface area contributed by atoms with Crippen molar-refractivity contribution in [3.63, 3.8) is 0 Å². The molecule has 4 nitrogen and oxygen atoms in total. The highest BCUT2D eigenvalue weighted by molar-refractivity contribution is 4.66. The first-order valence-corrected chi connectivity index (χ1v) is 4.51. The van der Waals surface area contributed by atoms with E-state index in [1.54, 1.807) is 0 Å². The summed E-state index contributed by atoms with van der Waals surface area (Å²) in [5.41, 5.74) is 5.31. The van der Waals surface area contributed by atoms with E-state index >= 15 is 0 Å². The largest absolute Gasteiger partial charge is 0.365 e. The van der Waals surface area contributed by atoms with Gasteiger partial charge in [0.1, 0.15) is 0 Å². The molecule has 1 aliphatic heterocycles. The Bertz CT molecular complexity index is 113. The van der Waals surface area contributed by atoms with Crippen LogP contribution in [-0.2, 0) is 4.74 Å². The highest BCUT2D eigenvalue weighted by Gasteiger charge is 2.12. The van der Waals surface area contributed by atoms with Crippen LogP contribution in [-0.4, -0.2) is 62.9 Å². The van der Waals surface area contributed by atoms with Crippen LogP contribution in [0.25, 0.3) is 0 Å². The minimum absolute atomic E-state index is 0.619. The maximum absolute atomic E-state index is 5.34. The van der Waals surface area contributed by atoms with Crippen molar-refractivity contribution in [3.05, 3.63) is 0 Å². The lowest BCUT2D eigenvalue weighted by molar-refractivity contribution is 0.00958. The van der Waals surface area contributed by atoms with Gasteiger partial charge in [0, 0.05) is 32.7 Å². The van der Waals surface area contributed by atoms with Crippen molar-refractivity contribution in [2.24, 2.45) is 5.73 Å². The smallest absolute Gasteiger partial charge is 0.0991 e. The monoisotopic (exact) mass is 173 g/mol. The fraction of sp³-hybridized carbons (Fsp3) is 1.00. The summed E-state index contributed by atoms with van der Waals surface area (Å²) in [4.78, 5) is 4.65. The van der Waals surface area contributed by atoms with E-state index in [0.717, 1.165) is 32.9 Å². The van der Waals surface area contributed by atoms with Gasteiger partial charge in [-0.1, -0.05) is 0 Å². The first-order valence-electron chi connectivity index (χ1n) is 4.51. The van der Waals surface area contributed by atoms with Crippen LogP contribution in [0.5, 0.6) is 0 Å². The van der Waals surface area contributed by atoms with Crippen LogP contribution in [0.4, 0.5) is 0 Å². The summed E-state index contributed by atoms with van der Waals surface area (Å²) in [7, 11) is 2.15. The summed E-state index contributed by atoms with van der Waals surface area (Å²) >= 11 is 0. The molecule has 1 fully saturated rings. The molecule has 0 radical (unpaired) electrons.